The highest BCUT2D eigenvalue weighted by molar-refractivity contribution is 7.89. The number of amides is 1. The third-order valence-corrected chi connectivity index (χ3v) is 5.14. The van der Waals surface area contributed by atoms with E-state index in [1.54, 1.807) is 30.3 Å². The summed E-state index contributed by atoms with van der Waals surface area (Å²) < 4.78 is 38.7. The predicted octanol–water partition coefficient (Wildman–Crippen LogP) is 1.35. The Morgan fingerprint density at radius 2 is 1.72 bits per heavy atom. The van der Waals surface area contributed by atoms with Gasteiger partial charge in [0.1, 0.15) is 6.04 Å². The van der Waals surface area contributed by atoms with Crippen LogP contribution in [0.4, 0.5) is 0 Å². The number of nitrogens with two attached hydrogens (primary N) is 1. The van der Waals surface area contributed by atoms with Gasteiger partial charge in [0.15, 0.2) is 11.5 Å². The highest BCUT2D eigenvalue weighted by Gasteiger charge is 2.26. The molecule has 2 aromatic rings. The highest BCUT2D eigenvalue weighted by Crippen LogP contribution is 2.32. The maximum atomic E-state index is 12.7. The maximum absolute atomic E-state index is 12.7. The molecule has 1 aliphatic rings. The van der Waals surface area contributed by atoms with Crippen molar-refractivity contribution in [3.05, 3.63) is 54.1 Å². The summed E-state index contributed by atoms with van der Waals surface area (Å²) in [5.74, 6) is 0.0609. The van der Waals surface area contributed by atoms with E-state index in [9.17, 15) is 13.2 Å². The van der Waals surface area contributed by atoms with Gasteiger partial charge in [-0.1, -0.05) is 30.3 Å². The van der Waals surface area contributed by atoms with Crippen molar-refractivity contribution >= 4 is 15.9 Å². The molecule has 0 saturated heterocycles. The first kappa shape index (κ1) is 17.2. The lowest BCUT2D eigenvalue weighted by Crippen LogP contribution is -2.37. The van der Waals surface area contributed by atoms with Gasteiger partial charge < -0.3 is 15.2 Å². The minimum atomic E-state index is -3.98. The van der Waals surface area contributed by atoms with Gasteiger partial charge in [0, 0.05) is 12.5 Å². The number of nitrogens with one attached hydrogen (secondary N) is 1. The fourth-order valence-electron chi connectivity index (χ4n) is 2.47. The van der Waals surface area contributed by atoms with Crippen LogP contribution in [0.25, 0.3) is 0 Å². The number of benzene rings is 2. The smallest absolute Gasteiger partial charge is 0.241 e. The van der Waals surface area contributed by atoms with Crippen LogP contribution in [0.15, 0.2) is 53.4 Å². The van der Waals surface area contributed by atoms with Crippen molar-refractivity contribution in [3.63, 3.8) is 0 Å². The Morgan fingerprint density at radius 3 is 2.40 bits per heavy atom. The first-order chi connectivity index (χ1) is 12.0. The molecule has 0 aromatic heterocycles. The topological polar surface area (TPSA) is 108 Å². The molecule has 0 radical (unpaired) electrons. The maximum Gasteiger partial charge on any atom is 0.241 e. The molecule has 1 amide bonds. The second-order valence-electron chi connectivity index (χ2n) is 5.53. The summed E-state index contributed by atoms with van der Waals surface area (Å²) in [5, 5.41) is 0. The lowest BCUT2D eigenvalue weighted by atomic mass is 10.1. The van der Waals surface area contributed by atoms with Gasteiger partial charge in [-0.2, -0.15) is 4.72 Å². The van der Waals surface area contributed by atoms with Gasteiger partial charge in [0.25, 0.3) is 0 Å². The molecule has 1 atom stereocenters. The Kier molecular flexibility index (Phi) is 4.91. The average molecular weight is 362 g/mol. The van der Waals surface area contributed by atoms with Gasteiger partial charge in [0.05, 0.1) is 18.1 Å². The summed E-state index contributed by atoms with van der Waals surface area (Å²) in [7, 11) is -3.98. The van der Waals surface area contributed by atoms with E-state index in [1.165, 1.54) is 18.2 Å². The van der Waals surface area contributed by atoms with Gasteiger partial charge in [0.2, 0.25) is 15.9 Å². The van der Waals surface area contributed by atoms with E-state index in [-0.39, 0.29) is 4.90 Å². The number of hydrogen-bond acceptors (Lipinski definition) is 5. The molecule has 0 fully saturated rings. The zero-order valence-corrected chi connectivity index (χ0v) is 14.2. The van der Waals surface area contributed by atoms with E-state index in [1.807, 2.05) is 0 Å². The van der Waals surface area contributed by atoms with Crippen molar-refractivity contribution in [2.75, 3.05) is 13.2 Å². The normalized spacial score (nSPS) is 15.2. The third kappa shape index (κ3) is 3.92. The molecule has 0 aliphatic carbocycles. The van der Waals surface area contributed by atoms with Crippen LogP contribution < -0.4 is 19.9 Å². The molecular formula is C17H18N2O5S. The fourth-order valence-corrected chi connectivity index (χ4v) is 3.68. The van der Waals surface area contributed by atoms with Crippen LogP contribution >= 0.6 is 0 Å². The first-order valence-corrected chi connectivity index (χ1v) is 9.22. The van der Waals surface area contributed by atoms with Crippen LogP contribution in [0.1, 0.15) is 18.0 Å². The molecule has 1 unspecified atom stereocenters. The SMILES string of the molecule is NC(=O)C(NS(=O)(=O)c1ccc2c(c1)OCCCO2)c1ccccc1. The minimum absolute atomic E-state index is 0.0288. The molecular weight excluding hydrogens is 344 g/mol. The van der Waals surface area contributed by atoms with Crippen molar-refractivity contribution in [1.29, 1.82) is 0 Å². The van der Waals surface area contributed by atoms with Gasteiger partial charge in [-0.25, -0.2) is 8.42 Å². The van der Waals surface area contributed by atoms with Crippen molar-refractivity contribution in [1.82, 2.24) is 4.72 Å². The summed E-state index contributed by atoms with van der Waals surface area (Å²) in [6.45, 7) is 0.951. The van der Waals surface area contributed by atoms with E-state index >= 15 is 0 Å². The summed E-state index contributed by atoms with van der Waals surface area (Å²) in [6, 6.07) is 11.6. The van der Waals surface area contributed by atoms with Gasteiger partial charge in [-0.05, 0) is 17.7 Å². The summed E-state index contributed by atoms with van der Waals surface area (Å²) in [5.41, 5.74) is 5.84. The summed E-state index contributed by atoms with van der Waals surface area (Å²) >= 11 is 0. The van der Waals surface area contributed by atoms with Crippen molar-refractivity contribution < 1.29 is 22.7 Å². The Labute approximate surface area is 145 Å². The Hall–Kier alpha value is -2.58. The second kappa shape index (κ2) is 7.12. The van der Waals surface area contributed by atoms with E-state index in [4.69, 9.17) is 15.2 Å². The molecule has 3 rings (SSSR count). The number of hydrogen-bond donors (Lipinski definition) is 2. The van der Waals surface area contributed by atoms with E-state index in [2.05, 4.69) is 4.72 Å². The number of sulfonamides is 1. The van der Waals surface area contributed by atoms with Crippen molar-refractivity contribution in [2.24, 2.45) is 5.73 Å². The van der Waals surface area contributed by atoms with Gasteiger partial charge in [-0.3, -0.25) is 4.79 Å². The first-order valence-electron chi connectivity index (χ1n) is 7.73. The lowest BCUT2D eigenvalue weighted by Gasteiger charge is -2.17. The van der Waals surface area contributed by atoms with Crippen LogP contribution in [-0.2, 0) is 14.8 Å². The van der Waals surface area contributed by atoms with Crippen LogP contribution in [0, 0.1) is 0 Å². The second-order valence-corrected chi connectivity index (χ2v) is 7.24. The quantitative estimate of drug-likeness (QED) is 0.835. The fraction of sp³-hybridized carbons (Fsp3) is 0.235. The Bertz CT molecular complexity index is 868. The van der Waals surface area contributed by atoms with E-state index < -0.39 is 22.0 Å². The standard InChI is InChI=1S/C17H18N2O5S/c18-17(20)16(12-5-2-1-3-6-12)19-25(21,22)13-7-8-14-15(11-13)24-10-4-9-23-14/h1-3,5-8,11,16,19H,4,9-10H2,(H2,18,20). The molecule has 1 aliphatic heterocycles. The molecule has 2 aromatic carbocycles. The Balaban J connectivity index is 1.90. The highest BCUT2D eigenvalue weighted by atomic mass is 32.2. The van der Waals surface area contributed by atoms with E-state index in [0.717, 1.165) is 0 Å². The molecule has 0 spiro atoms. The van der Waals surface area contributed by atoms with Crippen LogP contribution in [0.3, 0.4) is 0 Å². The van der Waals surface area contributed by atoms with Crippen LogP contribution in [0.5, 0.6) is 11.5 Å². The predicted molar refractivity (Wildman–Crippen MR) is 90.7 cm³/mol. The van der Waals surface area contributed by atoms with Gasteiger partial charge >= 0.3 is 0 Å². The summed E-state index contributed by atoms with van der Waals surface area (Å²) in [4.78, 5) is 11.7. The molecule has 1 heterocycles. The molecule has 25 heavy (non-hydrogen) atoms. The van der Waals surface area contributed by atoms with E-state index in [0.29, 0.717) is 36.7 Å². The van der Waals surface area contributed by atoms with Crippen LogP contribution in [-0.4, -0.2) is 27.5 Å². The molecule has 0 saturated carbocycles. The molecule has 7 nitrogen and oxygen atoms in total. The average Bonchev–Trinajstić information content (AvgIpc) is 2.85. The number of ether oxygens (including phenoxy) is 2. The number of rotatable bonds is 5. The minimum Gasteiger partial charge on any atom is -0.490 e. The number of carbonyl (C=O) groups is 1. The van der Waals surface area contributed by atoms with Crippen LogP contribution in [0.2, 0.25) is 0 Å². The largest absolute Gasteiger partial charge is 0.490 e. The molecule has 132 valence electrons. The van der Waals surface area contributed by atoms with Gasteiger partial charge in [-0.15, -0.1) is 0 Å². The zero-order chi connectivity index (χ0) is 17.9. The molecule has 3 N–H and O–H groups in total. The number of carbonyl (C=O) groups excluding carboxylic acids is 1. The molecule has 8 heteroatoms. The monoisotopic (exact) mass is 362 g/mol. The number of fused-ring (bicyclic) bond motifs is 1. The lowest BCUT2D eigenvalue weighted by molar-refractivity contribution is -0.119. The summed E-state index contributed by atoms with van der Waals surface area (Å²) in [6.07, 6.45) is 0.715. The third-order valence-electron chi connectivity index (χ3n) is 3.72. The van der Waals surface area contributed by atoms with Crippen molar-refractivity contribution in [3.8, 4) is 11.5 Å². The molecule has 0 bridgehead atoms. The Morgan fingerprint density at radius 1 is 1.04 bits per heavy atom. The number of primary amides is 1. The zero-order valence-electron chi connectivity index (χ0n) is 13.3. The van der Waals surface area contributed by atoms with Crippen molar-refractivity contribution in [2.45, 2.75) is 17.4 Å².